The normalized spacial score (nSPS) is 33.2. The largest absolute Gasteiger partial charge is 0.380 e. The number of nitrogens with zero attached hydrogens (tertiary/aromatic N) is 2. The van der Waals surface area contributed by atoms with Crippen LogP contribution in [0.1, 0.15) is 42.5 Å². The molecule has 28 heavy (non-hydrogen) atoms. The molecule has 7 heteroatoms. The highest BCUT2D eigenvalue weighted by Gasteiger charge is 2.58. The molecule has 0 radical (unpaired) electrons. The standard InChI is InChI=1S/C21H27N5O2/c1-26(2)20(28)21-7-11-5-12(8-21)16(13(6-11)9-21)25-17-14-3-4-23-19(14)24-10-15(17)18(22)27/h3-4,10-13,16H,5-9H2,1-2H3,(H2,22,27)(H2,23,24,25). The summed E-state index contributed by atoms with van der Waals surface area (Å²) in [5, 5.41) is 4.60. The molecule has 6 rings (SSSR count). The first kappa shape index (κ1) is 17.5. The van der Waals surface area contributed by atoms with E-state index in [9.17, 15) is 9.59 Å². The molecule has 0 saturated heterocycles. The van der Waals surface area contributed by atoms with Crippen molar-refractivity contribution < 1.29 is 9.59 Å². The van der Waals surface area contributed by atoms with Crippen molar-refractivity contribution >= 4 is 28.5 Å². The predicted octanol–water partition coefficient (Wildman–Crippen LogP) is 2.36. The maximum absolute atomic E-state index is 13.0. The van der Waals surface area contributed by atoms with Crippen LogP contribution in [-0.2, 0) is 4.79 Å². The number of amides is 2. The van der Waals surface area contributed by atoms with E-state index in [1.54, 1.807) is 11.1 Å². The predicted molar refractivity (Wildman–Crippen MR) is 107 cm³/mol. The van der Waals surface area contributed by atoms with Gasteiger partial charge in [0.2, 0.25) is 5.91 Å². The molecule has 2 unspecified atom stereocenters. The molecule has 148 valence electrons. The van der Waals surface area contributed by atoms with E-state index in [1.807, 2.05) is 26.4 Å². The number of H-pyrrole nitrogens is 1. The lowest BCUT2D eigenvalue weighted by Gasteiger charge is -2.59. The number of primary amides is 1. The van der Waals surface area contributed by atoms with Gasteiger partial charge in [0.15, 0.2) is 0 Å². The van der Waals surface area contributed by atoms with E-state index < -0.39 is 5.91 Å². The maximum atomic E-state index is 13.0. The SMILES string of the molecule is CN(C)C(=O)C12CC3CC(C1)C(Nc1c(C(N)=O)cnc4[nH]ccc14)C(C3)C2. The first-order valence-corrected chi connectivity index (χ1v) is 10.1. The van der Waals surface area contributed by atoms with Crippen LogP contribution in [0.4, 0.5) is 5.69 Å². The molecule has 7 nitrogen and oxygen atoms in total. The lowest BCUT2D eigenvalue weighted by atomic mass is 9.47. The van der Waals surface area contributed by atoms with Crippen LogP contribution in [0.3, 0.4) is 0 Å². The number of hydrogen-bond donors (Lipinski definition) is 3. The molecule has 2 atom stereocenters. The first-order chi connectivity index (χ1) is 13.4. The number of fused-ring (bicyclic) bond motifs is 1. The number of hydrogen-bond acceptors (Lipinski definition) is 4. The Morgan fingerprint density at radius 3 is 2.61 bits per heavy atom. The van der Waals surface area contributed by atoms with Crippen molar-refractivity contribution in [1.82, 2.24) is 14.9 Å². The molecule has 4 saturated carbocycles. The van der Waals surface area contributed by atoms with Gasteiger partial charge < -0.3 is 20.9 Å². The third-order valence-electron chi connectivity index (χ3n) is 7.30. The third-order valence-corrected chi connectivity index (χ3v) is 7.30. The molecule has 0 spiro atoms. The highest BCUT2D eigenvalue weighted by Crippen LogP contribution is 2.61. The lowest BCUT2D eigenvalue weighted by molar-refractivity contribution is -0.155. The number of rotatable bonds is 4. The molecule has 4 fully saturated rings. The quantitative estimate of drug-likeness (QED) is 0.756. The summed E-state index contributed by atoms with van der Waals surface area (Å²) >= 11 is 0. The molecule has 0 aliphatic heterocycles. The Morgan fingerprint density at radius 2 is 1.96 bits per heavy atom. The van der Waals surface area contributed by atoms with Crippen LogP contribution in [0, 0.1) is 23.2 Å². The summed E-state index contributed by atoms with van der Waals surface area (Å²) in [6, 6.07) is 2.20. The second kappa shape index (κ2) is 5.96. The zero-order valence-corrected chi connectivity index (χ0v) is 16.4. The minimum absolute atomic E-state index is 0.188. The van der Waals surface area contributed by atoms with Gasteiger partial charge in [-0.15, -0.1) is 0 Å². The topological polar surface area (TPSA) is 104 Å². The fourth-order valence-corrected chi connectivity index (χ4v) is 6.51. The van der Waals surface area contributed by atoms with Crippen LogP contribution < -0.4 is 11.1 Å². The lowest BCUT2D eigenvalue weighted by Crippen LogP contribution is -2.60. The van der Waals surface area contributed by atoms with E-state index in [-0.39, 0.29) is 11.5 Å². The minimum atomic E-state index is -0.471. The summed E-state index contributed by atoms with van der Waals surface area (Å²) in [5.74, 6) is 1.34. The number of aromatic amines is 1. The van der Waals surface area contributed by atoms with Crippen molar-refractivity contribution in [3.63, 3.8) is 0 Å². The second-order valence-corrected chi connectivity index (χ2v) is 9.27. The van der Waals surface area contributed by atoms with Gasteiger partial charge in [-0.25, -0.2) is 4.98 Å². The van der Waals surface area contributed by atoms with Gasteiger partial charge in [0, 0.05) is 37.9 Å². The summed E-state index contributed by atoms with van der Waals surface area (Å²) < 4.78 is 0. The molecule has 4 aliphatic rings. The van der Waals surface area contributed by atoms with Crippen molar-refractivity contribution in [1.29, 1.82) is 0 Å². The Kier molecular flexibility index (Phi) is 3.73. The molecular formula is C21H27N5O2. The number of nitrogens with one attached hydrogen (secondary N) is 2. The Hall–Kier alpha value is -2.57. The average Bonchev–Trinajstić information content (AvgIpc) is 3.12. The van der Waals surface area contributed by atoms with Crippen molar-refractivity contribution in [2.24, 2.45) is 28.9 Å². The summed E-state index contributed by atoms with van der Waals surface area (Å²) in [6.45, 7) is 0. The molecule has 4 N–H and O–H groups in total. The molecule has 2 aromatic heterocycles. The fraction of sp³-hybridized carbons (Fsp3) is 0.571. The molecule has 2 aromatic rings. The Balaban J connectivity index is 1.50. The Bertz CT molecular complexity index is 949. The van der Waals surface area contributed by atoms with Crippen molar-refractivity contribution in [3.05, 3.63) is 24.0 Å². The van der Waals surface area contributed by atoms with Crippen molar-refractivity contribution in [2.45, 2.75) is 38.1 Å². The van der Waals surface area contributed by atoms with Crippen LogP contribution in [0.2, 0.25) is 0 Å². The fourth-order valence-electron chi connectivity index (χ4n) is 6.51. The highest BCUT2D eigenvalue weighted by atomic mass is 16.2. The van der Waals surface area contributed by atoms with E-state index in [4.69, 9.17) is 5.73 Å². The smallest absolute Gasteiger partial charge is 0.252 e. The molecule has 4 bridgehead atoms. The molecule has 4 aliphatic carbocycles. The number of pyridine rings is 1. The molecule has 2 heterocycles. The molecule has 0 aromatic carbocycles. The monoisotopic (exact) mass is 381 g/mol. The Labute approximate surface area is 164 Å². The van der Waals surface area contributed by atoms with Crippen LogP contribution in [0.25, 0.3) is 11.0 Å². The van der Waals surface area contributed by atoms with Gasteiger partial charge in [-0.2, -0.15) is 0 Å². The number of carbonyl (C=O) groups excluding carboxylic acids is 2. The van der Waals surface area contributed by atoms with Gasteiger partial charge in [-0.3, -0.25) is 9.59 Å². The minimum Gasteiger partial charge on any atom is -0.380 e. The number of nitrogens with two attached hydrogens (primary N) is 1. The summed E-state index contributed by atoms with van der Waals surface area (Å²) in [7, 11) is 3.74. The molecule has 2 amide bonds. The highest BCUT2D eigenvalue weighted by molar-refractivity contribution is 6.06. The van der Waals surface area contributed by atoms with Gasteiger partial charge in [0.25, 0.3) is 5.91 Å². The van der Waals surface area contributed by atoms with Gasteiger partial charge in [-0.1, -0.05) is 0 Å². The summed E-state index contributed by atoms with van der Waals surface area (Å²) in [4.78, 5) is 34.2. The van der Waals surface area contributed by atoms with Gasteiger partial charge >= 0.3 is 0 Å². The summed E-state index contributed by atoms with van der Waals surface area (Å²) in [5.41, 5.74) is 7.41. The van der Waals surface area contributed by atoms with Crippen LogP contribution in [0.15, 0.2) is 18.5 Å². The first-order valence-electron chi connectivity index (χ1n) is 10.1. The van der Waals surface area contributed by atoms with Gasteiger partial charge in [0.1, 0.15) is 5.65 Å². The van der Waals surface area contributed by atoms with E-state index in [1.165, 1.54) is 0 Å². The van der Waals surface area contributed by atoms with Gasteiger partial charge in [-0.05, 0) is 55.9 Å². The van der Waals surface area contributed by atoms with E-state index in [0.717, 1.165) is 48.8 Å². The number of aromatic nitrogens is 2. The zero-order chi connectivity index (χ0) is 19.6. The zero-order valence-electron chi connectivity index (χ0n) is 16.4. The average molecular weight is 381 g/mol. The Morgan fingerprint density at radius 1 is 1.25 bits per heavy atom. The third kappa shape index (κ3) is 2.45. The van der Waals surface area contributed by atoms with E-state index in [0.29, 0.717) is 29.2 Å². The van der Waals surface area contributed by atoms with Crippen molar-refractivity contribution in [3.8, 4) is 0 Å². The maximum Gasteiger partial charge on any atom is 0.252 e. The van der Waals surface area contributed by atoms with E-state index >= 15 is 0 Å². The number of carbonyl (C=O) groups is 2. The van der Waals surface area contributed by atoms with Gasteiger partial charge in [0.05, 0.1) is 16.7 Å². The van der Waals surface area contributed by atoms with Crippen molar-refractivity contribution in [2.75, 3.05) is 19.4 Å². The van der Waals surface area contributed by atoms with E-state index in [2.05, 4.69) is 15.3 Å². The van der Waals surface area contributed by atoms with Crippen LogP contribution in [0.5, 0.6) is 0 Å². The van der Waals surface area contributed by atoms with Crippen LogP contribution >= 0.6 is 0 Å². The summed E-state index contributed by atoms with van der Waals surface area (Å²) in [6.07, 6.45) is 8.59. The van der Waals surface area contributed by atoms with Crippen LogP contribution in [-0.4, -0.2) is 46.8 Å². The number of anilines is 1. The second-order valence-electron chi connectivity index (χ2n) is 9.27. The molecular weight excluding hydrogens is 354 g/mol.